The highest BCUT2D eigenvalue weighted by molar-refractivity contribution is 8.14. The molecule has 56 valence electrons. The second-order valence-corrected chi connectivity index (χ2v) is 3.12. The normalized spacial score (nSPS) is 15.1. The largest absolute Gasteiger partial charge is 0.411 e. The second kappa shape index (κ2) is 2.20. The highest BCUT2D eigenvalue weighted by Gasteiger charge is 2.24. The molecule has 0 unspecified atom stereocenters. The molecule has 1 aliphatic rings. The Morgan fingerprint density at radius 2 is 2.36 bits per heavy atom. The first kappa shape index (κ1) is 6.60. The Morgan fingerprint density at radius 3 is 3.09 bits per heavy atom. The van der Waals surface area contributed by atoms with E-state index in [9.17, 15) is 9.59 Å². The molecule has 0 N–H and O–H groups in total. The van der Waals surface area contributed by atoms with Gasteiger partial charge in [-0.15, -0.1) is 0 Å². The Morgan fingerprint density at radius 1 is 1.55 bits per heavy atom. The van der Waals surface area contributed by atoms with Crippen molar-refractivity contribution in [2.45, 2.75) is 11.4 Å². The summed E-state index contributed by atoms with van der Waals surface area (Å²) in [5.74, 6) is 0. The maximum atomic E-state index is 10.9. The van der Waals surface area contributed by atoms with E-state index in [0.717, 1.165) is 18.2 Å². The first-order chi connectivity index (χ1) is 5.27. The first-order valence-corrected chi connectivity index (χ1v) is 3.76. The highest BCUT2D eigenvalue weighted by atomic mass is 32.2. The summed E-state index contributed by atoms with van der Waals surface area (Å²) in [7, 11) is 0. The molecule has 2 heterocycles. The van der Waals surface area contributed by atoms with Crippen LogP contribution in [0.25, 0.3) is 0 Å². The summed E-state index contributed by atoms with van der Waals surface area (Å²) < 4.78 is 4.49. The third-order valence-electron chi connectivity index (χ3n) is 1.37. The van der Waals surface area contributed by atoms with Gasteiger partial charge in [0.2, 0.25) is 0 Å². The molecule has 0 spiro atoms. The second-order valence-electron chi connectivity index (χ2n) is 2.07. The van der Waals surface area contributed by atoms with Gasteiger partial charge in [-0.05, 0) is 11.8 Å². The van der Waals surface area contributed by atoms with Crippen LogP contribution < -0.4 is 5.63 Å². The van der Waals surface area contributed by atoms with Crippen LogP contribution in [0.1, 0.15) is 5.56 Å². The molecule has 1 aliphatic heterocycles. The number of aromatic nitrogens is 1. The van der Waals surface area contributed by atoms with Crippen molar-refractivity contribution in [3.63, 3.8) is 0 Å². The Balaban J connectivity index is 2.66. The molecule has 0 amide bonds. The van der Waals surface area contributed by atoms with E-state index in [0.29, 0.717) is 10.6 Å². The van der Waals surface area contributed by atoms with Crippen molar-refractivity contribution in [3.8, 4) is 0 Å². The topological polar surface area (TPSA) is 60.2 Å². The summed E-state index contributed by atoms with van der Waals surface area (Å²) in [4.78, 5) is 25.4. The monoisotopic (exact) mass is 169 g/mol. The minimum absolute atomic E-state index is 0.0500. The van der Waals surface area contributed by atoms with Crippen molar-refractivity contribution < 1.29 is 9.21 Å². The van der Waals surface area contributed by atoms with Crippen molar-refractivity contribution in [2.75, 3.05) is 0 Å². The molecular weight excluding hydrogens is 166 g/mol. The van der Waals surface area contributed by atoms with Crippen LogP contribution in [0.15, 0.2) is 20.6 Å². The summed E-state index contributed by atoms with van der Waals surface area (Å²) in [6, 6.07) is 0. The van der Waals surface area contributed by atoms with Crippen LogP contribution in [-0.2, 0) is 11.2 Å². The first-order valence-electron chi connectivity index (χ1n) is 2.95. The van der Waals surface area contributed by atoms with Crippen LogP contribution >= 0.6 is 11.8 Å². The quantitative estimate of drug-likeness (QED) is 0.555. The lowest BCUT2D eigenvalue weighted by atomic mass is 10.3. The standard InChI is InChI=1S/C6H3NO3S/c8-4-1-3-5(11-4)7-2-10-6(3)9/h2H,1H2. The fourth-order valence-electron chi connectivity index (χ4n) is 0.882. The minimum Gasteiger partial charge on any atom is -0.411 e. The SMILES string of the molecule is O=C1Cc2c(ncoc2=O)S1. The van der Waals surface area contributed by atoms with E-state index in [-0.39, 0.29) is 11.5 Å². The van der Waals surface area contributed by atoms with E-state index < -0.39 is 5.63 Å². The highest BCUT2D eigenvalue weighted by Crippen LogP contribution is 2.27. The smallest absolute Gasteiger partial charge is 0.343 e. The molecule has 0 saturated heterocycles. The van der Waals surface area contributed by atoms with Gasteiger partial charge in [0.1, 0.15) is 5.03 Å². The average Bonchev–Trinajstić information content (AvgIpc) is 2.31. The lowest BCUT2D eigenvalue weighted by Gasteiger charge is -1.88. The van der Waals surface area contributed by atoms with E-state index >= 15 is 0 Å². The third-order valence-corrected chi connectivity index (χ3v) is 2.28. The predicted octanol–water partition coefficient (Wildman–Crippen LogP) is 0.210. The molecule has 11 heavy (non-hydrogen) atoms. The fourth-order valence-corrected chi connectivity index (χ4v) is 1.69. The van der Waals surface area contributed by atoms with Gasteiger partial charge in [0, 0.05) is 0 Å². The zero-order valence-electron chi connectivity index (χ0n) is 5.36. The molecule has 1 aromatic heterocycles. The Bertz CT molecular complexity index is 370. The van der Waals surface area contributed by atoms with E-state index in [4.69, 9.17) is 0 Å². The number of thioether (sulfide) groups is 1. The maximum Gasteiger partial charge on any atom is 0.343 e. The van der Waals surface area contributed by atoms with Crippen LogP contribution in [0.5, 0.6) is 0 Å². The number of carbonyl (C=O) groups excluding carboxylic acids is 1. The van der Waals surface area contributed by atoms with E-state index in [1.165, 1.54) is 0 Å². The van der Waals surface area contributed by atoms with Gasteiger partial charge < -0.3 is 4.42 Å². The molecule has 0 aromatic carbocycles. The lowest BCUT2D eigenvalue weighted by Crippen LogP contribution is -2.07. The fraction of sp³-hybridized carbons (Fsp3) is 0.167. The molecule has 5 heteroatoms. The number of carbonyl (C=O) groups is 1. The number of nitrogens with zero attached hydrogens (tertiary/aromatic N) is 1. The van der Waals surface area contributed by atoms with Crippen LogP contribution in [0.4, 0.5) is 0 Å². The van der Waals surface area contributed by atoms with Gasteiger partial charge in [0.15, 0.2) is 11.5 Å². The van der Waals surface area contributed by atoms with E-state index in [2.05, 4.69) is 9.40 Å². The van der Waals surface area contributed by atoms with Gasteiger partial charge in [0.25, 0.3) is 0 Å². The zero-order chi connectivity index (χ0) is 7.84. The molecule has 0 atom stereocenters. The third kappa shape index (κ3) is 0.970. The molecule has 1 aromatic rings. The van der Waals surface area contributed by atoms with Gasteiger partial charge in [-0.3, -0.25) is 4.79 Å². The van der Waals surface area contributed by atoms with Crippen molar-refractivity contribution in [1.29, 1.82) is 0 Å². The predicted molar refractivity (Wildman–Crippen MR) is 37.3 cm³/mol. The van der Waals surface area contributed by atoms with Gasteiger partial charge in [-0.25, -0.2) is 9.78 Å². The number of rotatable bonds is 0. The molecule has 0 saturated carbocycles. The number of hydrogen-bond donors (Lipinski definition) is 0. The molecule has 2 rings (SSSR count). The maximum absolute atomic E-state index is 10.9. The molecule has 0 radical (unpaired) electrons. The average molecular weight is 169 g/mol. The number of hydrogen-bond acceptors (Lipinski definition) is 5. The molecule has 0 fully saturated rings. The van der Waals surface area contributed by atoms with Crippen LogP contribution in [0.2, 0.25) is 0 Å². The summed E-state index contributed by atoms with van der Waals surface area (Å²) in [6.07, 6.45) is 1.21. The molecule has 4 nitrogen and oxygen atoms in total. The van der Waals surface area contributed by atoms with Crippen LogP contribution in [0, 0.1) is 0 Å². The molecule has 0 aliphatic carbocycles. The Hall–Kier alpha value is -1.10. The van der Waals surface area contributed by atoms with Gasteiger partial charge in [-0.1, -0.05) is 0 Å². The molecule has 0 bridgehead atoms. The Kier molecular flexibility index (Phi) is 1.32. The van der Waals surface area contributed by atoms with Gasteiger partial charge >= 0.3 is 5.63 Å². The van der Waals surface area contributed by atoms with E-state index in [1.54, 1.807) is 0 Å². The lowest BCUT2D eigenvalue weighted by molar-refractivity contribution is -0.110. The van der Waals surface area contributed by atoms with Crippen molar-refractivity contribution in [1.82, 2.24) is 4.98 Å². The summed E-state index contributed by atoms with van der Waals surface area (Å²) in [6.45, 7) is 0. The van der Waals surface area contributed by atoms with Crippen molar-refractivity contribution >= 4 is 16.9 Å². The Labute approximate surface area is 65.6 Å². The zero-order valence-corrected chi connectivity index (χ0v) is 6.18. The van der Waals surface area contributed by atoms with Gasteiger partial charge in [0.05, 0.1) is 12.0 Å². The van der Waals surface area contributed by atoms with Gasteiger partial charge in [-0.2, -0.15) is 0 Å². The van der Waals surface area contributed by atoms with Crippen molar-refractivity contribution in [3.05, 3.63) is 22.4 Å². The summed E-state index contributed by atoms with van der Waals surface area (Å²) >= 11 is 0.995. The van der Waals surface area contributed by atoms with Crippen molar-refractivity contribution in [2.24, 2.45) is 0 Å². The van der Waals surface area contributed by atoms with Crippen LogP contribution in [0.3, 0.4) is 0 Å². The number of fused-ring (bicyclic) bond motifs is 1. The molecular formula is C6H3NO3S. The summed E-state index contributed by atoms with van der Waals surface area (Å²) in [5, 5.41) is 0.442. The minimum atomic E-state index is -0.451. The summed E-state index contributed by atoms with van der Waals surface area (Å²) in [5.41, 5.74) is -0.0594. The van der Waals surface area contributed by atoms with Crippen LogP contribution in [-0.4, -0.2) is 10.1 Å². The van der Waals surface area contributed by atoms with E-state index in [1.807, 2.05) is 0 Å².